The predicted octanol–water partition coefficient (Wildman–Crippen LogP) is 5.45. The van der Waals surface area contributed by atoms with Gasteiger partial charge < -0.3 is 15.0 Å². The van der Waals surface area contributed by atoms with Gasteiger partial charge in [0.1, 0.15) is 5.01 Å². The fourth-order valence-electron chi connectivity index (χ4n) is 3.32. The normalized spacial score (nSPS) is 14.5. The van der Waals surface area contributed by atoms with E-state index in [2.05, 4.69) is 26.2 Å². The number of amides is 2. The van der Waals surface area contributed by atoms with Crippen LogP contribution in [-0.4, -0.2) is 34.5 Å². The number of nitrogens with one attached hydrogen (secondary N) is 1. The number of rotatable bonds is 6. The van der Waals surface area contributed by atoms with Crippen molar-refractivity contribution in [3.8, 4) is 0 Å². The molecule has 1 N–H and O–H groups in total. The Kier molecular flexibility index (Phi) is 7.44. The minimum Gasteiger partial charge on any atom is -0.461 e. The molecular formula is C20H24BrN3O3S. The summed E-state index contributed by atoms with van der Waals surface area (Å²) in [5, 5.41) is 5.42. The minimum atomic E-state index is -0.423. The van der Waals surface area contributed by atoms with Gasteiger partial charge in [-0.3, -0.25) is 0 Å². The van der Waals surface area contributed by atoms with Gasteiger partial charge >= 0.3 is 12.0 Å². The Bertz CT molecular complexity index is 803. The van der Waals surface area contributed by atoms with E-state index in [1.54, 1.807) is 12.3 Å². The summed E-state index contributed by atoms with van der Waals surface area (Å²) in [5.41, 5.74) is 1.05. The summed E-state index contributed by atoms with van der Waals surface area (Å²) < 4.78 is 5.97. The average molecular weight is 466 g/mol. The Balaban J connectivity index is 1.74. The third-order valence-electron chi connectivity index (χ3n) is 4.71. The lowest BCUT2D eigenvalue weighted by Gasteiger charge is -2.33. The SMILES string of the molecule is CCOC(=O)c1csc(CN(C(=O)Nc2ccc(Br)cc2)C2CCCCC2)n1. The Hall–Kier alpha value is -1.93. The highest BCUT2D eigenvalue weighted by atomic mass is 79.9. The lowest BCUT2D eigenvalue weighted by atomic mass is 9.94. The van der Waals surface area contributed by atoms with Crippen LogP contribution in [-0.2, 0) is 11.3 Å². The highest BCUT2D eigenvalue weighted by Gasteiger charge is 2.27. The summed E-state index contributed by atoms with van der Waals surface area (Å²) in [6, 6.07) is 7.56. The third kappa shape index (κ3) is 5.54. The van der Waals surface area contributed by atoms with Gasteiger partial charge in [-0.25, -0.2) is 14.6 Å². The number of hydrogen-bond acceptors (Lipinski definition) is 5. The Morgan fingerprint density at radius 3 is 2.64 bits per heavy atom. The van der Waals surface area contributed by atoms with E-state index in [-0.39, 0.29) is 12.1 Å². The molecule has 0 bridgehead atoms. The van der Waals surface area contributed by atoms with Crippen LogP contribution in [0.5, 0.6) is 0 Å². The Morgan fingerprint density at radius 1 is 1.25 bits per heavy atom. The van der Waals surface area contributed by atoms with E-state index in [9.17, 15) is 9.59 Å². The van der Waals surface area contributed by atoms with Gasteiger partial charge in [-0.05, 0) is 44.0 Å². The number of carbonyl (C=O) groups excluding carboxylic acids is 2. The van der Waals surface area contributed by atoms with Crippen LogP contribution >= 0.6 is 27.3 Å². The largest absolute Gasteiger partial charge is 0.461 e. The topological polar surface area (TPSA) is 71.5 Å². The summed E-state index contributed by atoms with van der Waals surface area (Å²) in [5.74, 6) is -0.423. The molecule has 0 unspecified atom stereocenters. The Labute approximate surface area is 177 Å². The van der Waals surface area contributed by atoms with Gasteiger partial charge in [0, 0.05) is 21.6 Å². The van der Waals surface area contributed by atoms with Crippen molar-refractivity contribution < 1.29 is 14.3 Å². The van der Waals surface area contributed by atoms with E-state index in [4.69, 9.17) is 4.74 Å². The number of esters is 1. The first-order valence-corrected chi connectivity index (χ1v) is 11.2. The van der Waals surface area contributed by atoms with Crippen molar-refractivity contribution in [1.29, 1.82) is 0 Å². The second kappa shape index (κ2) is 10.0. The van der Waals surface area contributed by atoms with Gasteiger partial charge in [0.05, 0.1) is 13.2 Å². The number of hydrogen-bond donors (Lipinski definition) is 1. The van der Waals surface area contributed by atoms with Crippen molar-refractivity contribution in [3.63, 3.8) is 0 Å². The number of urea groups is 1. The van der Waals surface area contributed by atoms with Crippen LogP contribution in [0.15, 0.2) is 34.1 Å². The van der Waals surface area contributed by atoms with Gasteiger partial charge in [0.2, 0.25) is 0 Å². The zero-order valence-corrected chi connectivity index (χ0v) is 18.2. The quantitative estimate of drug-likeness (QED) is 0.575. The van der Waals surface area contributed by atoms with E-state index >= 15 is 0 Å². The maximum Gasteiger partial charge on any atom is 0.357 e. The number of ether oxygens (including phenoxy) is 1. The summed E-state index contributed by atoms with van der Waals surface area (Å²) in [6.07, 6.45) is 5.44. The maximum atomic E-state index is 13.0. The molecule has 1 aromatic heterocycles. The zero-order chi connectivity index (χ0) is 19.9. The smallest absolute Gasteiger partial charge is 0.357 e. The standard InChI is InChI=1S/C20H24BrN3O3S/c1-2-27-19(25)17-13-28-18(23-17)12-24(16-6-4-3-5-7-16)20(26)22-15-10-8-14(21)9-11-15/h8-11,13,16H,2-7,12H2,1H3,(H,22,26). The molecule has 0 atom stereocenters. The summed E-state index contributed by atoms with van der Waals surface area (Å²) in [7, 11) is 0. The molecule has 28 heavy (non-hydrogen) atoms. The van der Waals surface area contributed by atoms with Crippen LogP contribution in [0.25, 0.3) is 0 Å². The lowest BCUT2D eigenvalue weighted by molar-refractivity contribution is 0.0520. The molecule has 1 fully saturated rings. The van der Waals surface area contributed by atoms with Crippen molar-refractivity contribution >= 4 is 45.0 Å². The molecule has 1 aromatic carbocycles. The third-order valence-corrected chi connectivity index (χ3v) is 6.08. The molecule has 1 aliphatic carbocycles. The van der Waals surface area contributed by atoms with Crippen molar-refractivity contribution in [2.45, 2.75) is 51.6 Å². The lowest BCUT2D eigenvalue weighted by Crippen LogP contribution is -2.43. The predicted molar refractivity (Wildman–Crippen MR) is 114 cm³/mol. The van der Waals surface area contributed by atoms with Gasteiger partial charge in [0.15, 0.2) is 5.69 Å². The Morgan fingerprint density at radius 2 is 1.96 bits per heavy atom. The fourth-order valence-corrected chi connectivity index (χ4v) is 4.34. The van der Waals surface area contributed by atoms with Gasteiger partial charge in [0.25, 0.3) is 0 Å². The van der Waals surface area contributed by atoms with Crippen LogP contribution in [0, 0.1) is 0 Å². The van der Waals surface area contributed by atoms with Crippen LogP contribution in [0.1, 0.15) is 54.5 Å². The fraction of sp³-hybridized carbons (Fsp3) is 0.450. The highest BCUT2D eigenvalue weighted by molar-refractivity contribution is 9.10. The minimum absolute atomic E-state index is 0.137. The monoisotopic (exact) mass is 465 g/mol. The average Bonchev–Trinajstić information content (AvgIpc) is 3.17. The number of nitrogens with zero attached hydrogens (tertiary/aromatic N) is 2. The van der Waals surface area contributed by atoms with Gasteiger partial charge in [-0.2, -0.15) is 0 Å². The van der Waals surface area contributed by atoms with Crippen molar-refractivity contribution in [3.05, 3.63) is 44.8 Å². The van der Waals surface area contributed by atoms with E-state index in [1.807, 2.05) is 29.2 Å². The van der Waals surface area contributed by atoms with E-state index in [0.717, 1.165) is 40.9 Å². The van der Waals surface area contributed by atoms with Gasteiger partial charge in [-0.1, -0.05) is 35.2 Å². The molecule has 8 heteroatoms. The van der Waals surface area contributed by atoms with E-state index in [0.29, 0.717) is 18.8 Å². The summed E-state index contributed by atoms with van der Waals surface area (Å²) in [6.45, 7) is 2.47. The first kappa shape index (κ1) is 20.8. The molecular weight excluding hydrogens is 442 g/mol. The number of aromatic nitrogens is 1. The molecule has 2 aromatic rings. The molecule has 0 spiro atoms. The van der Waals surface area contributed by atoms with Crippen molar-refractivity contribution in [2.75, 3.05) is 11.9 Å². The molecule has 0 aliphatic heterocycles. The first-order chi connectivity index (χ1) is 13.6. The van der Waals surface area contributed by atoms with Crippen LogP contribution in [0.2, 0.25) is 0 Å². The second-order valence-electron chi connectivity index (χ2n) is 6.70. The molecule has 150 valence electrons. The summed E-state index contributed by atoms with van der Waals surface area (Å²) >= 11 is 4.79. The van der Waals surface area contributed by atoms with E-state index in [1.165, 1.54) is 17.8 Å². The zero-order valence-electron chi connectivity index (χ0n) is 15.8. The number of thiazole rings is 1. The molecule has 3 rings (SSSR count). The molecule has 1 heterocycles. The second-order valence-corrected chi connectivity index (χ2v) is 8.56. The number of benzene rings is 1. The number of anilines is 1. The van der Waals surface area contributed by atoms with Crippen LogP contribution in [0.4, 0.5) is 10.5 Å². The van der Waals surface area contributed by atoms with Crippen molar-refractivity contribution in [2.24, 2.45) is 0 Å². The van der Waals surface area contributed by atoms with Gasteiger partial charge in [-0.15, -0.1) is 11.3 Å². The maximum absolute atomic E-state index is 13.0. The first-order valence-electron chi connectivity index (χ1n) is 9.51. The number of carbonyl (C=O) groups is 2. The molecule has 1 saturated carbocycles. The molecule has 2 amide bonds. The van der Waals surface area contributed by atoms with Crippen molar-refractivity contribution in [1.82, 2.24) is 9.88 Å². The summed E-state index contributed by atoms with van der Waals surface area (Å²) in [4.78, 5) is 31.1. The molecule has 0 radical (unpaired) electrons. The number of halogens is 1. The molecule has 1 aliphatic rings. The van der Waals surface area contributed by atoms with E-state index < -0.39 is 5.97 Å². The molecule has 6 nitrogen and oxygen atoms in total. The highest BCUT2D eigenvalue weighted by Crippen LogP contribution is 2.26. The van der Waals surface area contributed by atoms with Crippen LogP contribution < -0.4 is 5.32 Å². The molecule has 0 saturated heterocycles. The van der Waals surface area contributed by atoms with Crippen LogP contribution in [0.3, 0.4) is 0 Å².